The molecule has 0 unspecified atom stereocenters. The van der Waals surface area contributed by atoms with E-state index in [4.69, 9.17) is 14.0 Å². The van der Waals surface area contributed by atoms with Crippen LogP contribution >= 0.6 is 0 Å². The Kier molecular flexibility index (Phi) is 5.19. The second-order valence-corrected chi connectivity index (χ2v) is 10.4. The van der Waals surface area contributed by atoms with Gasteiger partial charge in [-0.05, 0) is 43.2 Å². The quantitative estimate of drug-likeness (QED) is 0.146. The third kappa shape index (κ3) is 3.22. The van der Waals surface area contributed by atoms with Gasteiger partial charge in [-0.15, -0.1) is 0 Å². The highest BCUT2D eigenvalue weighted by atomic mass is 19.1. The third-order valence-corrected chi connectivity index (χ3v) is 8.42. The maximum atomic E-state index is 14.2. The Morgan fingerprint density at radius 2 is 1.77 bits per heavy atom. The monoisotopic (exact) mass is 540 g/mol. The molecule has 1 spiro atoms. The maximum absolute atomic E-state index is 14.2. The van der Waals surface area contributed by atoms with Crippen molar-refractivity contribution in [1.82, 2.24) is 5.16 Å². The third-order valence-electron chi connectivity index (χ3n) is 8.42. The molecule has 200 valence electrons. The second kappa shape index (κ2) is 8.57. The van der Waals surface area contributed by atoms with E-state index in [2.05, 4.69) is 5.16 Å². The van der Waals surface area contributed by atoms with Crippen molar-refractivity contribution in [1.29, 1.82) is 0 Å². The number of hydrogen-bond donors (Lipinski definition) is 0. The molecule has 3 heterocycles. The molecule has 7 rings (SSSR count). The number of nitro groups is 1. The number of carbonyl (C=O) groups excluding carboxylic acids is 2. The SMILES string of the molecule is Cc1noc([C@H]2[C@@H]3Oc4ccc(F)cc4C(=O)[C@H]3C[C@]3(C(=O)Oc4ccccc43)[C@@H]2c2ccccc2)c1[N+](=O)[O-]. The lowest BCUT2D eigenvalue weighted by molar-refractivity contribution is -0.387. The first-order valence-electron chi connectivity index (χ1n) is 12.8. The fourth-order valence-corrected chi connectivity index (χ4v) is 6.87. The second-order valence-electron chi connectivity index (χ2n) is 10.4. The number of rotatable bonds is 3. The fourth-order valence-electron chi connectivity index (χ4n) is 6.87. The number of benzene rings is 3. The van der Waals surface area contributed by atoms with Crippen molar-refractivity contribution in [3.05, 3.63) is 117 Å². The molecule has 0 bridgehead atoms. The summed E-state index contributed by atoms with van der Waals surface area (Å²) in [5, 5.41) is 16.2. The van der Waals surface area contributed by atoms with Gasteiger partial charge in [0.1, 0.15) is 28.8 Å². The van der Waals surface area contributed by atoms with Crippen LogP contribution in [0.1, 0.15) is 51.2 Å². The standard InChI is InChI=1S/C30H21FN2O7/c1-15-25(33(36)37)28(40-32-15)23-24(16-7-3-2-4-8-16)30(20-9-5-6-10-22(20)39-29(30)35)14-19-26(34)18-13-17(31)11-12-21(18)38-27(19)23/h2-13,19,23-24,27H,14H2,1H3/t19-,23-,24-,27-,30-/m1/s1. The predicted octanol–water partition coefficient (Wildman–Crippen LogP) is 5.42. The van der Waals surface area contributed by atoms with Gasteiger partial charge in [-0.2, -0.15) is 0 Å². The van der Waals surface area contributed by atoms with Crippen molar-refractivity contribution in [3.8, 4) is 11.5 Å². The van der Waals surface area contributed by atoms with E-state index in [9.17, 15) is 24.1 Å². The first-order valence-corrected chi connectivity index (χ1v) is 12.8. The molecule has 0 N–H and O–H groups in total. The van der Waals surface area contributed by atoms with Crippen molar-refractivity contribution in [2.45, 2.75) is 36.7 Å². The van der Waals surface area contributed by atoms with Gasteiger partial charge in [0, 0.05) is 11.5 Å². The van der Waals surface area contributed by atoms with Crippen LogP contribution in [0.2, 0.25) is 0 Å². The Morgan fingerprint density at radius 3 is 2.55 bits per heavy atom. The molecule has 1 saturated carbocycles. The van der Waals surface area contributed by atoms with Crippen LogP contribution in [0.4, 0.5) is 10.1 Å². The number of nitrogens with zero attached hydrogens (tertiary/aromatic N) is 2. The van der Waals surface area contributed by atoms with E-state index >= 15 is 0 Å². The molecule has 4 aromatic rings. The smallest absolute Gasteiger partial charge is 0.334 e. The minimum Gasteiger partial charge on any atom is -0.488 e. The highest BCUT2D eigenvalue weighted by molar-refractivity contribution is 6.03. The number of fused-ring (bicyclic) bond motifs is 4. The number of carbonyl (C=O) groups is 2. The summed E-state index contributed by atoms with van der Waals surface area (Å²) in [7, 11) is 0. The van der Waals surface area contributed by atoms with Crippen LogP contribution in [0.25, 0.3) is 0 Å². The molecule has 1 fully saturated rings. The van der Waals surface area contributed by atoms with Gasteiger partial charge >= 0.3 is 11.7 Å². The summed E-state index contributed by atoms with van der Waals surface area (Å²) in [4.78, 5) is 39.8. The number of hydrogen-bond acceptors (Lipinski definition) is 8. The zero-order valence-electron chi connectivity index (χ0n) is 21.1. The molecule has 1 aliphatic carbocycles. The molecule has 1 aromatic heterocycles. The van der Waals surface area contributed by atoms with Gasteiger partial charge in [-0.3, -0.25) is 19.7 Å². The Labute approximate surface area is 226 Å². The van der Waals surface area contributed by atoms with E-state index in [0.717, 1.165) is 6.07 Å². The number of ketones is 1. The van der Waals surface area contributed by atoms with Crippen LogP contribution in [0.3, 0.4) is 0 Å². The lowest BCUT2D eigenvalue weighted by Gasteiger charge is -2.51. The number of halogens is 1. The Bertz CT molecular complexity index is 1720. The van der Waals surface area contributed by atoms with E-state index in [-0.39, 0.29) is 34.9 Å². The molecule has 5 atom stereocenters. The van der Waals surface area contributed by atoms with E-state index in [1.807, 2.05) is 30.3 Å². The van der Waals surface area contributed by atoms with Crippen molar-refractivity contribution in [2.75, 3.05) is 0 Å². The van der Waals surface area contributed by atoms with Crippen molar-refractivity contribution in [2.24, 2.45) is 5.92 Å². The summed E-state index contributed by atoms with van der Waals surface area (Å²) in [6.07, 6.45) is -0.993. The number of Topliss-reactive ketones (excluding diaryl/α,β-unsaturated/α-hetero) is 1. The van der Waals surface area contributed by atoms with E-state index in [1.54, 1.807) is 24.3 Å². The minimum absolute atomic E-state index is 0.0146. The molecule has 0 amide bonds. The minimum atomic E-state index is -1.43. The molecule has 9 nitrogen and oxygen atoms in total. The molecule has 2 aliphatic heterocycles. The van der Waals surface area contributed by atoms with Crippen LogP contribution in [-0.4, -0.2) is 27.9 Å². The lowest BCUT2D eigenvalue weighted by atomic mass is 9.52. The van der Waals surface area contributed by atoms with Crippen LogP contribution < -0.4 is 9.47 Å². The summed E-state index contributed by atoms with van der Waals surface area (Å²) >= 11 is 0. The summed E-state index contributed by atoms with van der Waals surface area (Å²) in [6, 6.07) is 19.7. The van der Waals surface area contributed by atoms with Crippen LogP contribution in [0.15, 0.2) is 77.3 Å². The molecule has 10 heteroatoms. The first kappa shape index (κ1) is 24.2. The van der Waals surface area contributed by atoms with Crippen molar-refractivity contribution in [3.63, 3.8) is 0 Å². The topological polar surface area (TPSA) is 122 Å². The Balaban J connectivity index is 1.56. The van der Waals surface area contributed by atoms with Crippen LogP contribution in [0.5, 0.6) is 11.5 Å². The lowest BCUT2D eigenvalue weighted by Crippen LogP contribution is -2.57. The number of aryl methyl sites for hydroxylation is 1. The summed E-state index contributed by atoms with van der Waals surface area (Å²) < 4.78 is 32.1. The molecule has 3 aromatic carbocycles. The van der Waals surface area contributed by atoms with Gasteiger partial charge in [-0.1, -0.05) is 53.7 Å². The molecule has 0 radical (unpaired) electrons. The molecule has 40 heavy (non-hydrogen) atoms. The highest BCUT2D eigenvalue weighted by Gasteiger charge is 2.67. The van der Waals surface area contributed by atoms with Gasteiger partial charge < -0.3 is 14.0 Å². The Hall–Kier alpha value is -4.86. The largest absolute Gasteiger partial charge is 0.488 e. The zero-order valence-corrected chi connectivity index (χ0v) is 21.1. The van der Waals surface area contributed by atoms with E-state index in [0.29, 0.717) is 16.9 Å². The maximum Gasteiger partial charge on any atom is 0.334 e. The van der Waals surface area contributed by atoms with Gasteiger partial charge in [0.15, 0.2) is 11.5 Å². The van der Waals surface area contributed by atoms with Crippen molar-refractivity contribution >= 4 is 17.4 Å². The molecule has 0 saturated heterocycles. The van der Waals surface area contributed by atoms with Gasteiger partial charge in [-0.25, -0.2) is 4.39 Å². The average Bonchev–Trinajstić information content (AvgIpc) is 3.46. The normalized spacial score (nSPS) is 26.4. The molecular formula is C30H21FN2O7. The summed E-state index contributed by atoms with van der Waals surface area (Å²) in [6.45, 7) is 1.46. The van der Waals surface area contributed by atoms with E-state index in [1.165, 1.54) is 19.1 Å². The van der Waals surface area contributed by atoms with Gasteiger partial charge in [0.25, 0.3) is 0 Å². The average molecular weight is 541 g/mol. The van der Waals surface area contributed by atoms with Gasteiger partial charge in [0.2, 0.25) is 5.76 Å². The molecular weight excluding hydrogens is 519 g/mol. The van der Waals surface area contributed by atoms with Crippen LogP contribution in [0, 0.1) is 28.8 Å². The number of para-hydroxylation sites is 1. The summed E-state index contributed by atoms with van der Waals surface area (Å²) in [5.74, 6) is -3.97. The Morgan fingerprint density at radius 1 is 1.02 bits per heavy atom. The summed E-state index contributed by atoms with van der Waals surface area (Å²) in [5.41, 5.74) is -0.416. The van der Waals surface area contributed by atoms with E-state index < -0.39 is 51.8 Å². The number of esters is 1. The highest BCUT2D eigenvalue weighted by Crippen LogP contribution is 2.63. The first-order chi connectivity index (χ1) is 19.3. The van der Waals surface area contributed by atoms with Crippen LogP contribution in [-0.2, 0) is 10.2 Å². The van der Waals surface area contributed by atoms with Gasteiger partial charge in [0.05, 0.1) is 22.3 Å². The van der Waals surface area contributed by atoms with Crippen molar-refractivity contribution < 1.29 is 32.9 Å². The number of ether oxygens (including phenoxy) is 2. The predicted molar refractivity (Wildman–Crippen MR) is 137 cm³/mol. The number of aromatic nitrogens is 1. The zero-order chi connectivity index (χ0) is 27.8. The molecule has 3 aliphatic rings. The fraction of sp³-hybridized carbons (Fsp3) is 0.233.